The summed E-state index contributed by atoms with van der Waals surface area (Å²) in [5.74, 6) is 0. The number of anilines is 1. The van der Waals surface area contributed by atoms with E-state index in [9.17, 15) is 10.1 Å². The Balaban J connectivity index is 1.45. The third-order valence-corrected chi connectivity index (χ3v) is 7.24. The second kappa shape index (κ2) is 9.14. The molecule has 2 aliphatic rings. The quantitative estimate of drug-likeness (QED) is 0.596. The van der Waals surface area contributed by atoms with E-state index in [4.69, 9.17) is 9.72 Å². The highest BCUT2D eigenvalue weighted by atomic mass is 32.1. The normalized spacial score (nSPS) is 19.9. The van der Waals surface area contributed by atoms with Gasteiger partial charge in [0.25, 0.3) is 0 Å². The number of urea groups is 1. The van der Waals surface area contributed by atoms with Crippen LogP contribution < -0.4 is 10.6 Å². The van der Waals surface area contributed by atoms with Crippen molar-refractivity contribution in [3.63, 3.8) is 0 Å². The fourth-order valence-electron chi connectivity index (χ4n) is 4.65. The lowest BCUT2D eigenvalue weighted by Crippen LogP contribution is -2.56. The Morgan fingerprint density at radius 2 is 2.06 bits per heavy atom. The summed E-state index contributed by atoms with van der Waals surface area (Å²) in [6.07, 6.45) is 0.866. The van der Waals surface area contributed by atoms with E-state index in [-0.39, 0.29) is 11.6 Å². The summed E-state index contributed by atoms with van der Waals surface area (Å²) in [5, 5.41) is 16.4. The van der Waals surface area contributed by atoms with Gasteiger partial charge < -0.3 is 15.0 Å². The second-order valence-corrected chi connectivity index (χ2v) is 9.89. The number of nitrogens with zero attached hydrogens (tertiary/aromatic N) is 4. The number of nitrogens with one attached hydrogen (secondary N) is 2. The van der Waals surface area contributed by atoms with E-state index < -0.39 is 0 Å². The highest BCUT2D eigenvalue weighted by Crippen LogP contribution is 2.40. The Labute approximate surface area is 202 Å². The van der Waals surface area contributed by atoms with Crippen LogP contribution in [0.5, 0.6) is 0 Å². The topological polar surface area (TPSA) is 103 Å². The van der Waals surface area contributed by atoms with E-state index in [1.807, 2.05) is 49.1 Å². The molecule has 0 bridgehead atoms. The minimum Gasteiger partial charge on any atom is -0.378 e. The molecule has 2 aliphatic heterocycles. The number of amides is 2. The molecule has 4 heterocycles. The van der Waals surface area contributed by atoms with Crippen molar-refractivity contribution >= 4 is 22.5 Å². The van der Waals surface area contributed by atoms with Gasteiger partial charge in [-0.25, -0.2) is 9.78 Å². The van der Waals surface area contributed by atoms with Crippen LogP contribution in [-0.2, 0) is 4.74 Å². The number of nitriles is 1. The fourth-order valence-corrected chi connectivity index (χ4v) is 5.62. The zero-order chi connectivity index (χ0) is 23.7. The van der Waals surface area contributed by atoms with Crippen LogP contribution in [0.25, 0.3) is 21.7 Å². The summed E-state index contributed by atoms with van der Waals surface area (Å²) in [4.78, 5) is 25.1. The van der Waals surface area contributed by atoms with Gasteiger partial charge in [-0.05, 0) is 50.1 Å². The molecular formula is C25H26N6O2S. The number of rotatable bonds is 3. The first-order chi connectivity index (χ1) is 16.4. The van der Waals surface area contributed by atoms with Crippen molar-refractivity contribution < 1.29 is 9.53 Å². The standard InChI is InChI=1S/C25H26N6O2S/c1-16-10-20(11-17(2)28-16)22-21(19-5-3-4-18(12-19)13-26)29-23(34-22)30-24(32)31-8-6-25(14-31)15-33-9-7-27-25/h3-5,10-12,27H,6-9,14-15H2,1-2H3,(H,29,30,32). The number of hydrogen-bond acceptors (Lipinski definition) is 7. The number of pyridine rings is 1. The second-order valence-electron chi connectivity index (χ2n) is 8.89. The number of morpholine rings is 1. The van der Waals surface area contributed by atoms with Gasteiger partial charge in [-0.1, -0.05) is 23.5 Å². The summed E-state index contributed by atoms with van der Waals surface area (Å²) in [6.45, 7) is 7.33. The Bertz CT molecular complexity index is 1250. The molecule has 0 aliphatic carbocycles. The number of aromatic nitrogens is 2. The molecule has 1 aromatic carbocycles. The molecule has 2 N–H and O–H groups in total. The molecule has 3 aromatic rings. The molecule has 1 unspecified atom stereocenters. The van der Waals surface area contributed by atoms with Gasteiger partial charge in [-0.15, -0.1) is 0 Å². The Kier molecular flexibility index (Phi) is 6.04. The van der Waals surface area contributed by atoms with Crippen molar-refractivity contribution in [2.75, 3.05) is 38.2 Å². The molecule has 2 aromatic heterocycles. The van der Waals surface area contributed by atoms with Gasteiger partial charge in [-0.2, -0.15) is 5.26 Å². The Morgan fingerprint density at radius 1 is 1.24 bits per heavy atom. The summed E-state index contributed by atoms with van der Waals surface area (Å²) >= 11 is 1.43. The highest BCUT2D eigenvalue weighted by Gasteiger charge is 2.41. The van der Waals surface area contributed by atoms with Gasteiger partial charge in [0.05, 0.1) is 41.0 Å². The van der Waals surface area contributed by atoms with Crippen LogP contribution in [0, 0.1) is 25.2 Å². The van der Waals surface area contributed by atoms with Gasteiger partial charge in [0.2, 0.25) is 0 Å². The third-order valence-electron chi connectivity index (χ3n) is 6.22. The monoisotopic (exact) mass is 474 g/mol. The predicted molar refractivity (Wildman–Crippen MR) is 132 cm³/mol. The molecule has 1 atom stereocenters. The zero-order valence-corrected chi connectivity index (χ0v) is 20.0. The lowest BCUT2D eigenvalue weighted by atomic mass is 9.99. The number of thiazole rings is 1. The first kappa shape index (κ1) is 22.5. The Morgan fingerprint density at radius 3 is 2.79 bits per heavy atom. The molecule has 0 saturated carbocycles. The van der Waals surface area contributed by atoms with Crippen LogP contribution in [0.2, 0.25) is 0 Å². The van der Waals surface area contributed by atoms with E-state index in [0.717, 1.165) is 46.1 Å². The smallest absolute Gasteiger partial charge is 0.323 e. The summed E-state index contributed by atoms with van der Waals surface area (Å²) in [6, 6.07) is 13.4. The number of carbonyl (C=O) groups is 1. The SMILES string of the molecule is Cc1cc(-c2sc(NC(=O)N3CCC4(COCCN4)C3)nc2-c2cccc(C#N)c2)cc(C)n1. The van der Waals surface area contributed by atoms with Crippen LogP contribution in [0.15, 0.2) is 36.4 Å². The molecule has 9 heteroatoms. The minimum atomic E-state index is -0.163. The van der Waals surface area contributed by atoms with Crippen molar-refractivity contribution in [3.05, 3.63) is 53.3 Å². The van der Waals surface area contributed by atoms with Crippen molar-refractivity contribution in [1.82, 2.24) is 20.2 Å². The highest BCUT2D eigenvalue weighted by molar-refractivity contribution is 7.19. The van der Waals surface area contributed by atoms with Crippen molar-refractivity contribution in [3.8, 4) is 27.8 Å². The van der Waals surface area contributed by atoms with E-state index >= 15 is 0 Å². The van der Waals surface area contributed by atoms with Crippen LogP contribution in [0.1, 0.15) is 23.4 Å². The third kappa shape index (κ3) is 4.53. The average Bonchev–Trinajstić information content (AvgIpc) is 3.44. The zero-order valence-electron chi connectivity index (χ0n) is 19.2. The van der Waals surface area contributed by atoms with Crippen LogP contribution in [0.4, 0.5) is 9.93 Å². The lowest BCUT2D eigenvalue weighted by Gasteiger charge is -2.34. The van der Waals surface area contributed by atoms with Crippen molar-refractivity contribution in [1.29, 1.82) is 5.26 Å². The molecular weight excluding hydrogens is 448 g/mol. The maximum Gasteiger partial charge on any atom is 0.323 e. The summed E-state index contributed by atoms with van der Waals surface area (Å²) in [7, 11) is 0. The van der Waals surface area contributed by atoms with Crippen LogP contribution >= 0.6 is 11.3 Å². The number of likely N-dealkylation sites (tertiary alicyclic amines) is 1. The maximum absolute atomic E-state index is 13.1. The maximum atomic E-state index is 13.1. The van der Waals surface area contributed by atoms with Crippen LogP contribution in [0.3, 0.4) is 0 Å². The Hall–Kier alpha value is -3.32. The molecule has 2 amide bonds. The van der Waals surface area contributed by atoms with E-state index in [1.165, 1.54) is 11.3 Å². The van der Waals surface area contributed by atoms with E-state index in [0.29, 0.717) is 37.0 Å². The largest absolute Gasteiger partial charge is 0.378 e. The van der Waals surface area contributed by atoms with E-state index in [2.05, 4.69) is 21.7 Å². The van der Waals surface area contributed by atoms with Crippen molar-refractivity contribution in [2.24, 2.45) is 0 Å². The van der Waals surface area contributed by atoms with Gasteiger partial charge >= 0.3 is 6.03 Å². The van der Waals surface area contributed by atoms with Crippen LogP contribution in [-0.4, -0.2) is 59.3 Å². The van der Waals surface area contributed by atoms with Gasteiger partial charge in [-0.3, -0.25) is 10.3 Å². The first-order valence-electron chi connectivity index (χ1n) is 11.3. The number of benzene rings is 1. The fraction of sp³-hybridized carbons (Fsp3) is 0.360. The minimum absolute atomic E-state index is 0.154. The molecule has 2 saturated heterocycles. The van der Waals surface area contributed by atoms with Gasteiger partial charge in [0.1, 0.15) is 0 Å². The molecule has 1 spiro atoms. The molecule has 5 rings (SSSR count). The van der Waals surface area contributed by atoms with Gasteiger partial charge in [0.15, 0.2) is 5.13 Å². The predicted octanol–water partition coefficient (Wildman–Crippen LogP) is 3.96. The molecule has 2 fully saturated rings. The first-order valence-corrected chi connectivity index (χ1v) is 12.1. The summed E-state index contributed by atoms with van der Waals surface area (Å²) < 4.78 is 5.65. The number of ether oxygens (including phenoxy) is 1. The number of hydrogen-bond donors (Lipinski definition) is 2. The number of aryl methyl sites for hydroxylation is 2. The number of carbonyl (C=O) groups excluding carboxylic acids is 1. The molecule has 8 nitrogen and oxygen atoms in total. The van der Waals surface area contributed by atoms with Gasteiger partial charge in [0, 0.05) is 36.6 Å². The molecule has 34 heavy (non-hydrogen) atoms. The molecule has 174 valence electrons. The van der Waals surface area contributed by atoms with Crippen molar-refractivity contribution in [2.45, 2.75) is 25.8 Å². The average molecular weight is 475 g/mol. The molecule has 0 radical (unpaired) electrons. The lowest BCUT2D eigenvalue weighted by molar-refractivity contribution is 0.0328. The summed E-state index contributed by atoms with van der Waals surface area (Å²) in [5.41, 5.74) is 4.80. The van der Waals surface area contributed by atoms with E-state index in [1.54, 1.807) is 6.07 Å².